The third-order valence-corrected chi connectivity index (χ3v) is 3.04. The number of nitrogens with two attached hydrogens (primary N) is 1. The average molecular weight is 321 g/mol. The molecule has 0 saturated carbocycles. The number of hydrogen-bond donors (Lipinski definition) is 3. The first-order chi connectivity index (χ1) is 8.95. The van der Waals surface area contributed by atoms with E-state index in [0.717, 1.165) is 10.0 Å². The molecule has 2 aromatic carbocycles. The smallest absolute Gasteiger partial charge is 0.255 e. The zero-order valence-electron chi connectivity index (χ0n) is 10.3. The van der Waals surface area contributed by atoms with E-state index >= 15 is 0 Å². The van der Waals surface area contributed by atoms with Crippen molar-refractivity contribution in [3.63, 3.8) is 0 Å². The van der Waals surface area contributed by atoms with Gasteiger partial charge in [-0.25, -0.2) is 0 Å². The summed E-state index contributed by atoms with van der Waals surface area (Å²) >= 11 is 3.28. The normalized spacial score (nSPS) is 10.2. The van der Waals surface area contributed by atoms with Crippen molar-refractivity contribution in [2.45, 2.75) is 6.92 Å². The van der Waals surface area contributed by atoms with Gasteiger partial charge < -0.3 is 16.2 Å². The van der Waals surface area contributed by atoms with Crippen LogP contribution in [0, 0.1) is 6.92 Å². The summed E-state index contributed by atoms with van der Waals surface area (Å²) in [6.07, 6.45) is 0. The zero-order chi connectivity index (χ0) is 14.0. The van der Waals surface area contributed by atoms with Crippen LogP contribution in [-0.2, 0) is 0 Å². The lowest BCUT2D eigenvalue weighted by Crippen LogP contribution is -2.12. The Kier molecular flexibility index (Phi) is 3.76. The molecule has 0 heterocycles. The Morgan fingerprint density at radius 3 is 2.68 bits per heavy atom. The van der Waals surface area contributed by atoms with Crippen LogP contribution in [-0.4, -0.2) is 11.0 Å². The molecular weight excluding hydrogens is 308 g/mol. The molecule has 2 rings (SSSR count). The van der Waals surface area contributed by atoms with Crippen LogP contribution in [0.25, 0.3) is 0 Å². The Bertz CT molecular complexity index is 621. The van der Waals surface area contributed by atoms with Gasteiger partial charge in [0.05, 0.1) is 5.69 Å². The van der Waals surface area contributed by atoms with Crippen molar-refractivity contribution in [2.75, 3.05) is 11.1 Å². The van der Waals surface area contributed by atoms with Crippen molar-refractivity contribution >= 4 is 33.2 Å². The van der Waals surface area contributed by atoms with Gasteiger partial charge in [0, 0.05) is 15.7 Å². The molecule has 1 amide bonds. The molecule has 0 fully saturated rings. The molecule has 98 valence electrons. The molecule has 2 aromatic rings. The number of amides is 1. The summed E-state index contributed by atoms with van der Waals surface area (Å²) in [5, 5.41) is 12.3. The number of hydrogen-bond acceptors (Lipinski definition) is 3. The van der Waals surface area contributed by atoms with Crippen LogP contribution in [0.5, 0.6) is 5.75 Å². The van der Waals surface area contributed by atoms with E-state index in [-0.39, 0.29) is 11.7 Å². The number of phenolic OH excluding ortho intramolecular Hbond substituents is 1. The number of aromatic hydroxyl groups is 1. The molecule has 4 N–H and O–H groups in total. The van der Waals surface area contributed by atoms with Gasteiger partial charge in [-0.15, -0.1) is 0 Å². The molecular formula is C14H13BrN2O2. The molecule has 0 saturated heterocycles. The number of carbonyl (C=O) groups excluding carboxylic acids is 1. The van der Waals surface area contributed by atoms with Gasteiger partial charge in [-0.2, -0.15) is 0 Å². The lowest BCUT2D eigenvalue weighted by Gasteiger charge is -2.09. The lowest BCUT2D eigenvalue weighted by atomic mass is 10.1. The van der Waals surface area contributed by atoms with E-state index in [2.05, 4.69) is 21.2 Å². The van der Waals surface area contributed by atoms with Crippen LogP contribution in [0.3, 0.4) is 0 Å². The minimum Gasteiger partial charge on any atom is -0.506 e. The molecule has 0 aromatic heterocycles. The molecule has 0 unspecified atom stereocenters. The van der Waals surface area contributed by atoms with E-state index in [0.29, 0.717) is 16.9 Å². The average Bonchev–Trinajstić information content (AvgIpc) is 2.32. The van der Waals surface area contributed by atoms with Gasteiger partial charge in [0.25, 0.3) is 5.91 Å². The number of phenols is 1. The van der Waals surface area contributed by atoms with Crippen LogP contribution in [0.1, 0.15) is 15.9 Å². The van der Waals surface area contributed by atoms with Gasteiger partial charge in [0.1, 0.15) is 5.75 Å². The van der Waals surface area contributed by atoms with Crippen LogP contribution in [0.4, 0.5) is 11.4 Å². The molecule has 0 radical (unpaired) electrons. The molecule has 19 heavy (non-hydrogen) atoms. The highest BCUT2D eigenvalue weighted by Gasteiger charge is 2.10. The number of aryl methyl sites for hydroxylation is 1. The highest BCUT2D eigenvalue weighted by Crippen LogP contribution is 2.25. The van der Waals surface area contributed by atoms with Gasteiger partial charge in [-0.1, -0.05) is 22.0 Å². The maximum absolute atomic E-state index is 12.1. The first-order valence-corrected chi connectivity index (χ1v) is 6.42. The fourth-order valence-electron chi connectivity index (χ4n) is 1.69. The minimum atomic E-state index is -0.325. The summed E-state index contributed by atoms with van der Waals surface area (Å²) in [5.74, 6) is -0.296. The van der Waals surface area contributed by atoms with Crippen molar-refractivity contribution in [1.29, 1.82) is 0 Å². The van der Waals surface area contributed by atoms with E-state index < -0.39 is 0 Å². The zero-order valence-corrected chi connectivity index (χ0v) is 11.9. The predicted octanol–water partition coefficient (Wildman–Crippen LogP) is 3.30. The highest BCUT2D eigenvalue weighted by atomic mass is 79.9. The monoisotopic (exact) mass is 320 g/mol. The van der Waals surface area contributed by atoms with Gasteiger partial charge in [-0.3, -0.25) is 4.79 Å². The van der Waals surface area contributed by atoms with E-state index in [1.54, 1.807) is 36.4 Å². The topological polar surface area (TPSA) is 75.3 Å². The summed E-state index contributed by atoms with van der Waals surface area (Å²) in [6.45, 7) is 1.88. The number of nitrogens with one attached hydrogen (secondary N) is 1. The Morgan fingerprint density at radius 1 is 1.26 bits per heavy atom. The van der Waals surface area contributed by atoms with Crippen molar-refractivity contribution in [1.82, 2.24) is 0 Å². The Labute approximate surface area is 119 Å². The molecule has 4 nitrogen and oxygen atoms in total. The number of benzene rings is 2. The predicted molar refractivity (Wildman–Crippen MR) is 79.4 cm³/mol. The maximum Gasteiger partial charge on any atom is 0.255 e. The van der Waals surface area contributed by atoms with E-state index in [1.807, 2.05) is 6.92 Å². The Hall–Kier alpha value is -2.01. The number of carbonyl (C=O) groups is 1. The molecule has 0 aliphatic carbocycles. The summed E-state index contributed by atoms with van der Waals surface area (Å²) in [5.41, 5.74) is 7.93. The van der Waals surface area contributed by atoms with Gasteiger partial charge in [0.2, 0.25) is 0 Å². The second kappa shape index (κ2) is 5.32. The largest absolute Gasteiger partial charge is 0.506 e. The second-order valence-electron chi connectivity index (χ2n) is 4.25. The summed E-state index contributed by atoms with van der Waals surface area (Å²) in [4.78, 5) is 12.1. The van der Waals surface area contributed by atoms with Gasteiger partial charge in [0.15, 0.2) is 0 Å². The van der Waals surface area contributed by atoms with Crippen molar-refractivity contribution in [3.8, 4) is 5.75 Å². The number of nitrogen functional groups attached to an aromatic ring is 1. The van der Waals surface area contributed by atoms with E-state index in [1.165, 1.54) is 0 Å². The van der Waals surface area contributed by atoms with Crippen LogP contribution in [0.15, 0.2) is 40.9 Å². The maximum atomic E-state index is 12.1. The molecule has 5 heteroatoms. The summed E-state index contributed by atoms with van der Waals surface area (Å²) in [7, 11) is 0. The Balaban J connectivity index is 2.28. The lowest BCUT2D eigenvalue weighted by molar-refractivity contribution is 0.102. The summed E-state index contributed by atoms with van der Waals surface area (Å²) in [6, 6.07) is 9.96. The van der Waals surface area contributed by atoms with Crippen LogP contribution < -0.4 is 11.1 Å². The Morgan fingerprint density at radius 2 is 2.00 bits per heavy atom. The van der Waals surface area contributed by atoms with E-state index in [4.69, 9.17) is 5.73 Å². The SMILES string of the molecule is Cc1ccc(O)c(NC(=O)c2cc(N)cc(Br)c2)c1. The van der Waals surface area contributed by atoms with Crippen LogP contribution in [0.2, 0.25) is 0 Å². The number of rotatable bonds is 2. The quantitative estimate of drug-likeness (QED) is 0.587. The second-order valence-corrected chi connectivity index (χ2v) is 5.16. The van der Waals surface area contributed by atoms with Crippen molar-refractivity contribution < 1.29 is 9.90 Å². The fourth-order valence-corrected chi connectivity index (χ4v) is 2.20. The first-order valence-electron chi connectivity index (χ1n) is 5.63. The third kappa shape index (κ3) is 3.26. The highest BCUT2D eigenvalue weighted by molar-refractivity contribution is 9.10. The standard InChI is InChI=1S/C14H13BrN2O2/c1-8-2-3-13(18)12(4-8)17-14(19)9-5-10(15)7-11(16)6-9/h2-7,18H,16H2,1H3,(H,17,19). The number of halogens is 1. The molecule has 0 bridgehead atoms. The van der Waals surface area contributed by atoms with Crippen molar-refractivity contribution in [2.24, 2.45) is 0 Å². The minimum absolute atomic E-state index is 0.0296. The molecule has 0 atom stereocenters. The third-order valence-electron chi connectivity index (χ3n) is 2.58. The fraction of sp³-hybridized carbons (Fsp3) is 0.0714. The molecule has 0 aliphatic rings. The summed E-state index contributed by atoms with van der Waals surface area (Å²) < 4.78 is 0.728. The number of anilines is 2. The van der Waals surface area contributed by atoms with Gasteiger partial charge >= 0.3 is 0 Å². The van der Waals surface area contributed by atoms with E-state index in [9.17, 15) is 9.90 Å². The molecule has 0 spiro atoms. The van der Waals surface area contributed by atoms with Crippen LogP contribution >= 0.6 is 15.9 Å². The van der Waals surface area contributed by atoms with Gasteiger partial charge in [-0.05, 0) is 42.8 Å². The first kappa shape index (κ1) is 13.4. The molecule has 0 aliphatic heterocycles. The van der Waals surface area contributed by atoms with Crippen molar-refractivity contribution in [3.05, 3.63) is 52.0 Å².